The Kier molecular flexibility index (Phi) is 4.40. The molecule has 0 fully saturated rings. The Hall–Kier alpha value is -1.09. The number of hydrogen-bond acceptors (Lipinski definition) is 3. The Bertz CT molecular complexity index is 258. The third-order valence-electron chi connectivity index (χ3n) is 2.10. The zero-order valence-corrected chi connectivity index (χ0v) is 8.83. The fraction of sp³-hybridized carbons (Fsp3) is 0.545. The van der Waals surface area contributed by atoms with Gasteiger partial charge in [0.2, 0.25) is 0 Å². The molecule has 0 bridgehead atoms. The smallest absolute Gasteiger partial charge is 0.126 e. The van der Waals surface area contributed by atoms with Crippen LogP contribution in [0.15, 0.2) is 18.3 Å². The molecule has 3 nitrogen and oxygen atoms in total. The van der Waals surface area contributed by atoms with Gasteiger partial charge in [-0.05, 0) is 38.3 Å². The number of hydrogen-bond donors (Lipinski definition) is 2. The summed E-state index contributed by atoms with van der Waals surface area (Å²) in [6.07, 6.45) is 3.65. The van der Waals surface area contributed by atoms with E-state index in [0.717, 1.165) is 18.7 Å². The number of nitrogens with zero attached hydrogens (tertiary/aromatic N) is 1. The van der Waals surface area contributed by atoms with Crippen LogP contribution >= 0.6 is 0 Å². The zero-order chi connectivity index (χ0) is 10.4. The summed E-state index contributed by atoms with van der Waals surface area (Å²) in [7, 11) is 0. The minimum absolute atomic E-state index is 0.257. The third-order valence-corrected chi connectivity index (χ3v) is 2.10. The Balaban J connectivity index is 2.39. The molecule has 1 rings (SSSR count). The van der Waals surface area contributed by atoms with Gasteiger partial charge in [0.25, 0.3) is 0 Å². The lowest BCUT2D eigenvalue weighted by atomic mass is 10.2. The summed E-state index contributed by atoms with van der Waals surface area (Å²) in [6, 6.07) is 4.37. The predicted molar refractivity (Wildman–Crippen MR) is 58.4 cm³/mol. The van der Waals surface area contributed by atoms with Crippen LogP contribution in [0.1, 0.15) is 25.3 Å². The molecule has 78 valence electrons. The summed E-state index contributed by atoms with van der Waals surface area (Å²) >= 11 is 0. The van der Waals surface area contributed by atoms with E-state index in [9.17, 15) is 0 Å². The van der Waals surface area contributed by atoms with Crippen molar-refractivity contribution >= 4 is 5.82 Å². The van der Waals surface area contributed by atoms with E-state index >= 15 is 0 Å². The first kappa shape index (κ1) is 11.0. The first-order chi connectivity index (χ1) is 6.72. The van der Waals surface area contributed by atoms with Gasteiger partial charge in [0.15, 0.2) is 0 Å². The van der Waals surface area contributed by atoms with Crippen molar-refractivity contribution in [2.45, 2.75) is 32.7 Å². The highest BCUT2D eigenvalue weighted by atomic mass is 16.2. The topological polar surface area (TPSA) is 45.1 Å². The second-order valence-corrected chi connectivity index (χ2v) is 3.63. The van der Waals surface area contributed by atoms with Gasteiger partial charge < -0.3 is 10.4 Å². The van der Waals surface area contributed by atoms with Crippen LogP contribution in [0.4, 0.5) is 5.82 Å². The quantitative estimate of drug-likeness (QED) is 0.753. The molecular weight excluding hydrogens is 176 g/mol. The molecule has 0 aliphatic rings. The maximum atomic E-state index is 8.67. The number of aromatic nitrogens is 1. The van der Waals surface area contributed by atoms with Crippen LogP contribution in [-0.4, -0.2) is 22.7 Å². The van der Waals surface area contributed by atoms with Gasteiger partial charge in [-0.3, -0.25) is 0 Å². The molecule has 0 aliphatic carbocycles. The Morgan fingerprint density at radius 3 is 2.86 bits per heavy atom. The van der Waals surface area contributed by atoms with Gasteiger partial charge in [-0.2, -0.15) is 0 Å². The van der Waals surface area contributed by atoms with Crippen molar-refractivity contribution in [1.82, 2.24) is 4.98 Å². The third kappa shape index (κ3) is 3.75. The SMILES string of the molecule is Cc1ccc(NC(C)CCCO)nc1. The number of rotatable bonds is 5. The van der Waals surface area contributed by atoms with Crippen molar-refractivity contribution < 1.29 is 5.11 Å². The number of aryl methyl sites for hydroxylation is 1. The summed E-state index contributed by atoms with van der Waals surface area (Å²) in [5, 5.41) is 12.0. The van der Waals surface area contributed by atoms with Crippen LogP contribution in [0.5, 0.6) is 0 Å². The average molecular weight is 194 g/mol. The molecule has 1 heterocycles. The summed E-state index contributed by atoms with van der Waals surface area (Å²) < 4.78 is 0. The van der Waals surface area contributed by atoms with Crippen molar-refractivity contribution in [3.05, 3.63) is 23.9 Å². The lowest BCUT2D eigenvalue weighted by Gasteiger charge is -2.13. The molecule has 0 saturated carbocycles. The molecule has 14 heavy (non-hydrogen) atoms. The molecule has 0 spiro atoms. The monoisotopic (exact) mass is 194 g/mol. The molecule has 0 saturated heterocycles. The molecule has 1 aromatic heterocycles. The molecule has 3 heteroatoms. The Morgan fingerprint density at radius 1 is 1.50 bits per heavy atom. The number of anilines is 1. The molecule has 1 atom stereocenters. The second-order valence-electron chi connectivity index (χ2n) is 3.63. The van der Waals surface area contributed by atoms with Crippen LogP contribution in [0.2, 0.25) is 0 Å². The number of aliphatic hydroxyl groups is 1. The molecule has 0 radical (unpaired) electrons. The lowest BCUT2D eigenvalue weighted by Crippen LogP contribution is -2.16. The Labute approximate surface area is 85.2 Å². The van der Waals surface area contributed by atoms with E-state index < -0.39 is 0 Å². The van der Waals surface area contributed by atoms with E-state index in [0.29, 0.717) is 6.04 Å². The maximum absolute atomic E-state index is 8.67. The van der Waals surface area contributed by atoms with Gasteiger partial charge in [-0.1, -0.05) is 6.07 Å². The van der Waals surface area contributed by atoms with Crippen molar-refractivity contribution in [3.8, 4) is 0 Å². The van der Waals surface area contributed by atoms with Crippen LogP contribution in [0, 0.1) is 6.92 Å². The largest absolute Gasteiger partial charge is 0.396 e. The molecule has 0 aliphatic heterocycles. The molecule has 1 aromatic rings. The molecule has 0 aromatic carbocycles. The summed E-state index contributed by atoms with van der Waals surface area (Å²) in [5.41, 5.74) is 1.17. The summed E-state index contributed by atoms with van der Waals surface area (Å²) in [5.74, 6) is 0.904. The lowest BCUT2D eigenvalue weighted by molar-refractivity contribution is 0.282. The van der Waals surface area contributed by atoms with Crippen molar-refractivity contribution in [1.29, 1.82) is 0 Å². The van der Waals surface area contributed by atoms with Gasteiger partial charge >= 0.3 is 0 Å². The van der Waals surface area contributed by atoms with Gasteiger partial charge in [-0.25, -0.2) is 4.98 Å². The highest BCUT2D eigenvalue weighted by Gasteiger charge is 2.01. The highest BCUT2D eigenvalue weighted by molar-refractivity contribution is 5.35. The van der Waals surface area contributed by atoms with E-state index in [1.165, 1.54) is 5.56 Å². The minimum Gasteiger partial charge on any atom is -0.396 e. The number of nitrogens with one attached hydrogen (secondary N) is 1. The Morgan fingerprint density at radius 2 is 2.29 bits per heavy atom. The number of aliphatic hydroxyl groups excluding tert-OH is 1. The minimum atomic E-state index is 0.257. The highest BCUT2D eigenvalue weighted by Crippen LogP contribution is 2.07. The van der Waals surface area contributed by atoms with Crippen LogP contribution in [-0.2, 0) is 0 Å². The fourth-order valence-corrected chi connectivity index (χ4v) is 1.28. The predicted octanol–water partition coefficient (Wildman–Crippen LogP) is 1.96. The van der Waals surface area contributed by atoms with Crippen LogP contribution < -0.4 is 5.32 Å². The van der Waals surface area contributed by atoms with E-state index in [1.807, 2.05) is 25.3 Å². The van der Waals surface area contributed by atoms with E-state index in [2.05, 4.69) is 17.2 Å². The summed E-state index contributed by atoms with van der Waals surface area (Å²) in [6.45, 7) is 4.37. The normalized spacial score (nSPS) is 12.5. The van der Waals surface area contributed by atoms with E-state index in [-0.39, 0.29) is 6.61 Å². The standard InChI is InChI=1S/C11H18N2O/c1-9-5-6-11(12-8-9)13-10(2)4-3-7-14/h5-6,8,10,14H,3-4,7H2,1-2H3,(H,12,13). The number of pyridine rings is 1. The molecule has 2 N–H and O–H groups in total. The maximum Gasteiger partial charge on any atom is 0.126 e. The average Bonchev–Trinajstić information content (AvgIpc) is 2.18. The van der Waals surface area contributed by atoms with Crippen molar-refractivity contribution in [3.63, 3.8) is 0 Å². The summed E-state index contributed by atoms with van der Waals surface area (Å²) in [4.78, 5) is 4.25. The first-order valence-corrected chi connectivity index (χ1v) is 5.02. The van der Waals surface area contributed by atoms with Gasteiger partial charge in [-0.15, -0.1) is 0 Å². The molecule has 1 unspecified atom stereocenters. The van der Waals surface area contributed by atoms with Crippen molar-refractivity contribution in [2.24, 2.45) is 0 Å². The fourth-order valence-electron chi connectivity index (χ4n) is 1.28. The second kappa shape index (κ2) is 5.60. The van der Waals surface area contributed by atoms with Gasteiger partial charge in [0.05, 0.1) is 0 Å². The van der Waals surface area contributed by atoms with Crippen LogP contribution in [0.25, 0.3) is 0 Å². The van der Waals surface area contributed by atoms with E-state index in [1.54, 1.807) is 0 Å². The molecule has 0 amide bonds. The van der Waals surface area contributed by atoms with Gasteiger partial charge in [0, 0.05) is 18.8 Å². The zero-order valence-electron chi connectivity index (χ0n) is 8.83. The molecular formula is C11H18N2O. The van der Waals surface area contributed by atoms with E-state index in [4.69, 9.17) is 5.11 Å². The van der Waals surface area contributed by atoms with Crippen LogP contribution in [0.3, 0.4) is 0 Å². The van der Waals surface area contributed by atoms with Gasteiger partial charge in [0.1, 0.15) is 5.82 Å². The first-order valence-electron chi connectivity index (χ1n) is 5.02. The van der Waals surface area contributed by atoms with Crippen molar-refractivity contribution in [2.75, 3.05) is 11.9 Å².